The second kappa shape index (κ2) is 10.1. The Morgan fingerprint density at radius 2 is 1.85 bits per heavy atom. The molecule has 1 unspecified atom stereocenters. The Morgan fingerprint density at radius 3 is 2.45 bits per heavy atom. The summed E-state index contributed by atoms with van der Waals surface area (Å²) in [5, 5.41) is 3.51. The molecule has 114 valence electrons. The first kappa shape index (κ1) is 17.4. The average Bonchev–Trinajstić information content (AvgIpc) is 2.40. The van der Waals surface area contributed by atoms with Gasteiger partial charge in [-0.1, -0.05) is 32.9 Å². The molecular weight excluding hydrogens is 266 g/mol. The summed E-state index contributed by atoms with van der Waals surface area (Å²) < 4.78 is 5.72. The molecule has 0 radical (unpaired) electrons. The molecule has 0 aromatic heterocycles. The van der Waals surface area contributed by atoms with Crippen molar-refractivity contribution in [2.24, 2.45) is 11.8 Å². The third-order valence-corrected chi connectivity index (χ3v) is 4.06. The normalized spacial score (nSPS) is 12.7. The zero-order valence-corrected chi connectivity index (χ0v) is 14.1. The maximum absolute atomic E-state index is 5.72. The molecule has 0 spiro atoms. The molecular formula is C17H29NOS. The van der Waals surface area contributed by atoms with Crippen LogP contribution in [0.1, 0.15) is 32.8 Å². The summed E-state index contributed by atoms with van der Waals surface area (Å²) in [5.74, 6) is 3.62. The van der Waals surface area contributed by atoms with Gasteiger partial charge < -0.3 is 10.1 Å². The fraction of sp³-hybridized carbons (Fsp3) is 0.647. The number of nitrogens with one attached hydrogen (secondary N) is 1. The van der Waals surface area contributed by atoms with Gasteiger partial charge in [0.1, 0.15) is 5.75 Å². The van der Waals surface area contributed by atoms with Crippen molar-refractivity contribution < 1.29 is 4.74 Å². The quantitative estimate of drug-likeness (QED) is 0.699. The molecule has 1 aromatic carbocycles. The highest BCUT2D eigenvalue weighted by molar-refractivity contribution is 7.98. The number of rotatable bonds is 10. The van der Waals surface area contributed by atoms with Crippen molar-refractivity contribution in [2.45, 2.75) is 33.7 Å². The first-order chi connectivity index (χ1) is 9.61. The lowest BCUT2D eigenvalue weighted by Crippen LogP contribution is -2.21. The Kier molecular flexibility index (Phi) is 8.79. The molecule has 1 N–H and O–H groups in total. The van der Waals surface area contributed by atoms with Crippen LogP contribution in [0.15, 0.2) is 24.3 Å². The van der Waals surface area contributed by atoms with Gasteiger partial charge in [0.15, 0.2) is 0 Å². The second-order valence-electron chi connectivity index (χ2n) is 5.87. The molecule has 1 atom stereocenters. The molecule has 0 aliphatic heterocycles. The Morgan fingerprint density at radius 1 is 1.15 bits per heavy atom. The molecule has 0 fully saturated rings. The van der Waals surface area contributed by atoms with Crippen molar-refractivity contribution in [3.63, 3.8) is 0 Å². The van der Waals surface area contributed by atoms with Crippen LogP contribution in [0.2, 0.25) is 0 Å². The number of thioether (sulfide) groups is 1. The van der Waals surface area contributed by atoms with E-state index in [0.717, 1.165) is 37.8 Å². The number of hydrogen-bond donors (Lipinski definition) is 1. The van der Waals surface area contributed by atoms with Gasteiger partial charge >= 0.3 is 0 Å². The second-order valence-corrected chi connectivity index (χ2v) is 6.78. The highest BCUT2D eigenvalue weighted by atomic mass is 32.2. The van der Waals surface area contributed by atoms with Gasteiger partial charge in [0, 0.05) is 6.54 Å². The predicted molar refractivity (Wildman–Crippen MR) is 90.6 cm³/mol. The first-order valence-corrected chi connectivity index (χ1v) is 8.92. The van der Waals surface area contributed by atoms with E-state index in [4.69, 9.17) is 4.74 Å². The fourth-order valence-corrected chi connectivity index (χ4v) is 2.61. The summed E-state index contributed by atoms with van der Waals surface area (Å²) in [6, 6.07) is 8.44. The maximum atomic E-state index is 5.72. The van der Waals surface area contributed by atoms with Gasteiger partial charge in [0.05, 0.1) is 6.61 Å². The highest BCUT2D eigenvalue weighted by Gasteiger charge is 2.01. The molecule has 1 aromatic rings. The van der Waals surface area contributed by atoms with Crippen LogP contribution in [-0.2, 0) is 6.54 Å². The fourth-order valence-electron chi connectivity index (χ4n) is 1.92. The summed E-state index contributed by atoms with van der Waals surface area (Å²) in [4.78, 5) is 0. The van der Waals surface area contributed by atoms with Crippen molar-refractivity contribution in [3.8, 4) is 5.75 Å². The summed E-state index contributed by atoms with van der Waals surface area (Å²) in [6.07, 6.45) is 3.27. The third kappa shape index (κ3) is 7.81. The molecule has 0 saturated carbocycles. The molecule has 0 saturated heterocycles. The van der Waals surface area contributed by atoms with Gasteiger partial charge in [-0.05, 0) is 54.5 Å². The van der Waals surface area contributed by atoms with E-state index in [1.807, 2.05) is 11.8 Å². The van der Waals surface area contributed by atoms with Gasteiger partial charge in [-0.2, -0.15) is 11.8 Å². The molecule has 0 heterocycles. The summed E-state index contributed by atoms with van der Waals surface area (Å²) in [6.45, 7) is 9.54. The Hall–Kier alpha value is -0.670. The van der Waals surface area contributed by atoms with Crippen LogP contribution in [0.4, 0.5) is 0 Å². The van der Waals surface area contributed by atoms with Crippen LogP contribution in [-0.4, -0.2) is 25.2 Å². The summed E-state index contributed by atoms with van der Waals surface area (Å²) in [7, 11) is 0. The van der Waals surface area contributed by atoms with Crippen LogP contribution in [0, 0.1) is 11.8 Å². The van der Waals surface area contributed by atoms with Crippen molar-refractivity contribution in [3.05, 3.63) is 29.8 Å². The Labute approximate surface area is 128 Å². The van der Waals surface area contributed by atoms with Gasteiger partial charge in [0.2, 0.25) is 0 Å². The van der Waals surface area contributed by atoms with E-state index in [1.54, 1.807) is 0 Å². The molecule has 0 aliphatic rings. The van der Waals surface area contributed by atoms with Crippen LogP contribution >= 0.6 is 11.8 Å². The van der Waals surface area contributed by atoms with Gasteiger partial charge in [-0.25, -0.2) is 0 Å². The monoisotopic (exact) mass is 295 g/mol. The maximum Gasteiger partial charge on any atom is 0.119 e. The topological polar surface area (TPSA) is 21.3 Å². The minimum Gasteiger partial charge on any atom is -0.494 e. The van der Waals surface area contributed by atoms with Gasteiger partial charge in [0.25, 0.3) is 0 Å². The molecule has 2 nitrogen and oxygen atoms in total. The number of benzene rings is 1. The predicted octanol–water partition coefficient (Wildman–Crippen LogP) is 4.20. The van der Waals surface area contributed by atoms with Crippen molar-refractivity contribution in [2.75, 3.05) is 25.2 Å². The lowest BCUT2D eigenvalue weighted by Gasteiger charge is -2.12. The number of hydrogen-bond acceptors (Lipinski definition) is 3. The van der Waals surface area contributed by atoms with Gasteiger partial charge in [-0.15, -0.1) is 0 Å². The third-order valence-electron chi connectivity index (χ3n) is 3.16. The molecule has 1 rings (SSSR count). The Bertz CT molecular complexity index is 351. The standard InChI is InChI=1S/C17H29NOS/c1-14(2)9-10-19-17-7-5-16(6-8-17)12-18-11-15(3)13-20-4/h5-8,14-15,18H,9-13H2,1-4H3. The van der Waals surface area contributed by atoms with Crippen LogP contribution < -0.4 is 10.1 Å². The van der Waals surface area contributed by atoms with Crippen LogP contribution in [0.5, 0.6) is 5.75 Å². The molecule has 0 amide bonds. The van der Waals surface area contributed by atoms with Gasteiger partial charge in [-0.3, -0.25) is 0 Å². The van der Waals surface area contributed by atoms with E-state index < -0.39 is 0 Å². The average molecular weight is 295 g/mol. The molecule has 3 heteroatoms. The smallest absolute Gasteiger partial charge is 0.119 e. The molecule has 0 aliphatic carbocycles. The van der Waals surface area contributed by atoms with Crippen molar-refractivity contribution in [1.82, 2.24) is 5.32 Å². The van der Waals surface area contributed by atoms with Crippen molar-refractivity contribution in [1.29, 1.82) is 0 Å². The van der Waals surface area contributed by atoms with E-state index in [-0.39, 0.29) is 0 Å². The summed E-state index contributed by atoms with van der Waals surface area (Å²) >= 11 is 1.91. The largest absolute Gasteiger partial charge is 0.494 e. The number of ether oxygens (including phenoxy) is 1. The highest BCUT2D eigenvalue weighted by Crippen LogP contribution is 2.13. The lowest BCUT2D eigenvalue weighted by molar-refractivity contribution is 0.289. The Balaban J connectivity index is 2.24. The van der Waals surface area contributed by atoms with Crippen LogP contribution in [0.25, 0.3) is 0 Å². The van der Waals surface area contributed by atoms with E-state index in [2.05, 4.69) is 56.6 Å². The zero-order chi connectivity index (χ0) is 14.8. The van der Waals surface area contributed by atoms with E-state index >= 15 is 0 Å². The van der Waals surface area contributed by atoms with E-state index in [9.17, 15) is 0 Å². The van der Waals surface area contributed by atoms with Crippen LogP contribution in [0.3, 0.4) is 0 Å². The minimum atomic E-state index is 0.696. The van der Waals surface area contributed by atoms with E-state index in [1.165, 1.54) is 11.3 Å². The lowest BCUT2D eigenvalue weighted by atomic mass is 10.1. The molecule has 0 bridgehead atoms. The first-order valence-electron chi connectivity index (χ1n) is 7.53. The summed E-state index contributed by atoms with van der Waals surface area (Å²) in [5.41, 5.74) is 1.32. The van der Waals surface area contributed by atoms with E-state index in [0.29, 0.717) is 5.92 Å². The minimum absolute atomic E-state index is 0.696. The SMILES string of the molecule is CSCC(C)CNCc1ccc(OCCC(C)C)cc1. The van der Waals surface area contributed by atoms with Crippen molar-refractivity contribution >= 4 is 11.8 Å². The molecule has 20 heavy (non-hydrogen) atoms. The zero-order valence-electron chi connectivity index (χ0n) is 13.3.